The van der Waals surface area contributed by atoms with Crippen LogP contribution in [-0.2, 0) is 19.6 Å². The second-order valence-corrected chi connectivity index (χ2v) is 6.84. The van der Waals surface area contributed by atoms with E-state index in [0.29, 0.717) is 17.9 Å². The molecule has 9 nitrogen and oxygen atoms in total. The fourth-order valence-corrected chi connectivity index (χ4v) is 2.64. The van der Waals surface area contributed by atoms with Crippen molar-refractivity contribution in [3.63, 3.8) is 0 Å². The van der Waals surface area contributed by atoms with Crippen LogP contribution in [0.2, 0.25) is 0 Å². The Hall–Kier alpha value is -2.33. The van der Waals surface area contributed by atoms with Crippen molar-refractivity contribution in [1.82, 2.24) is 4.90 Å². The van der Waals surface area contributed by atoms with E-state index in [1.54, 1.807) is 18.2 Å². The maximum absolute atomic E-state index is 12.2. The van der Waals surface area contributed by atoms with E-state index in [1.807, 2.05) is 0 Å². The van der Waals surface area contributed by atoms with Crippen LogP contribution >= 0.6 is 0 Å². The van der Waals surface area contributed by atoms with Gasteiger partial charge in [-0.05, 0) is 18.2 Å². The van der Waals surface area contributed by atoms with Crippen LogP contribution in [-0.4, -0.2) is 57.3 Å². The van der Waals surface area contributed by atoms with Gasteiger partial charge in [0, 0.05) is 12.2 Å². The fourth-order valence-electron chi connectivity index (χ4n) is 2.08. The van der Waals surface area contributed by atoms with E-state index in [1.165, 1.54) is 11.0 Å². The van der Waals surface area contributed by atoms with Gasteiger partial charge < -0.3 is 20.7 Å². The number of ether oxygens (including phenoxy) is 1. The van der Waals surface area contributed by atoms with E-state index >= 15 is 0 Å². The number of nitrogens with two attached hydrogens (primary N) is 1. The van der Waals surface area contributed by atoms with Crippen LogP contribution in [0, 0.1) is 0 Å². The summed E-state index contributed by atoms with van der Waals surface area (Å²) in [4.78, 5) is 24.7. The molecule has 1 atom stereocenters. The third-order valence-electron chi connectivity index (χ3n) is 3.09. The first-order valence-electron chi connectivity index (χ1n) is 6.79. The zero-order valence-electron chi connectivity index (χ0n) is 12.5. The van der Waals surface area contributed by atoms with Gasteiger partial charge in [-0.1, -0.05) is 6.07 Å². The van der Waals surface area contributed by atoms with Gasteiger partial charge in [0.25, 0.3) is 0 Å². The van der Waals surface area contributed by atoms with Crippen LogP contribution in [0.25, 0.3) is 0 Å². The molecule has 2 rings (SSSR count). The van der Waals surface area contributed by atoms with Gasteiger partial charge in [0.15, 0.2) is 6.10 Å². The summed E-state index contributed by atoms with van der Waals surface area (Å²) < 4.78 is 29.9. The molecule has 1 fully saturated rings. The largest absolute Gasteiger partial charge is 0.367 e. The SMILES string of the molecule is CS(=O)(=O)Nc1cccc(NC(=O)N2CCO[C@H](C(N)=O)C2)c1. The van der Waals surface area contributed by atoms with Gasteiger partial charge >= 0.3 is 6.03 Å². The Bertz CT molecular complexity index is 706. The van der Waals surface area contributed by atoms with Gasteiger partial charge in [-0.25, -0.2) is 13.2 Å². The van der Waals surface area contributed by atoms with Crippen molar-refractivity contribution < 1.29 is 22.7 Å². The van der Waals surface area contributed by atoms with Crippen molar-refractivity contribution in [1.29, 1.82) is 0 Å². The Morgan fingerprint density at radius 3 is 2.70 bits per heavy atom. The lowest BCUT2D eigenvalue weighted by atomic mass is 10.2. The molecule has 1 saturated heterocycles. The Morgan fingerprint density at radius 2 is 2.04 bits per heavy atom. The number of nitrogens with zero attached hydrogens (tertiary/aromatic N) is 1. The molecule has 0 unspecified atom stereocenters. The van der Waals surface area contributed by atoms with Gasteiger partial charge in [-0.3, -0.25) is 9.52 Å². The Kier molecular flexibility index (Phi) is 5.06. The standard InChI is InChI=1S/C13H18N4O5S/c1-23(20,21)16-10-4-2-3-9(7-10)15-13(19)17-5-6-22-11(8-17)12(14)18/h2-4,7,11,16H,5-6,8H2,1H3,(H2,14,18)(H,15,19)/t11-/m0/s1. The van der Waals surface area contributed by atoms with Crippen molar-refractivity contribution in [2.45, 2.75) is 6.10 Å². The van der Waals surface area contributed by atoms with Crippen LogP contribution in [0.15, 0.2) is 24.3 Å². The lowest BCUT2D eigenvalue weighted by Gasteiger charge is -2.31. The highest BCUT2D eigenvalue weighted by Gasteiger charge is 2.27. The molecule has 0 spiro atoms. The number of urea groups is 1. The summed E-state index contributed by atoms with van der Waals surface area (Å²) in [7, 11) is -3.40. The smallest absolute Gasteiger partial charge is 0.322 e. The average Bonchev–Trinajstić information content (AvgIpc) is 2.46. The number of benzene rings is 1. The second kappa shape index (κ2) is 6.84. The van der Waals surface area contributed by atoms with Gasteiger partial charge in [0.2, 0.25) is 15.9 Å². The zero-order valence-corrected chi connectivity index (χ0v) is 13.3. The average molecular weight is 342 g/mol. The van der Waals surface area contributed by atoms with Crippen molar-refractivity contribution in [3.8, 4) is 0 Å². The third kappa shape index (κ3) is 5.11. The summed E-state index contributed by atoms with van der Waals surface area (Å²) in [5, 5.41) is 2.64. The molecule has 4 N–H and O–H groups in total. The normalized spacial score (nSPS) is 18.3. The fraction of sp³-hybridized carbons (Fsp3) is 0.385. The van der Waals surface area contributed by atoms with Crippen molar-refractivity contribution >= 4 is 33.3 Å². The van der Waals surface area contributed by atoms with Crippen LogP contribution in [0.3, 0.4) is 0 Å². The van der Waals surface area contributed by atoms with E-state index in [0.717, 1.165) is 6.26 Å². The molecular weight excluding hydrogens is 324 g/mol. The molecule has 23 heavy (non-hydrogen) atoms. The zero-order chi connectivity index (χ0) is 17.0. The number of hydrogen-bond donors (Lipinski definition) is 3. The predicted octanol–water partition coefficient (Wildman–Crippen LogP) is -0.224. The minimum absolute atomic E-state index is 0.0719. The number of rotatable bonds is 4. The first-order chi connectivity index (χ1) is 10.7. The van der Waals surface area contributed by atoms with Gasteiger partial charge in [0.1, 0.15) is 0 Å². The number of primary amides is 1. The molecule has 1 aromatic rings. The highest BCUT2D eigenvalue weighted by atomic mass is 32.2. The molecule has 0 bridgehead atoms. The summed E-state index contributed by atoms with van der Waals surface area (Å²) >= 11 is 0. The number of carbonyl (C=O) groups is 2. The first-order valence-corrected chi connectivity index (χ1v) is 8.68. The molecule has 0 saturated carbocycles. The van der Waals surface area contributed by atoms with Crippen molar-refractivity contribution in [2.75, 3.05) is 36.0 Å². The molecule has 1 heterocycles. The second-order valence-electron chi connectivity index (χ2n) is 5.09. The van der Waals surface area contributed by atoms with E-state index in [4.69, 9.17) is 10.5 Å². The molecule has 0 aliphatic carbocycles. The van der Waals surface area contributed by atoms with Crippen LogP contribution < -0.4 is 15.8 Å². The van der Waals surface area contributed by atoms with Gasteiger partial charge in [-0.2, -0.15) is 0 Å². The van der Waals surface area contributed by atoms with Crippen LogP contribution in [0.4, 0.5) is 16.2 Å². The molecule has 1 aliphatic heterocycles. The molecule has 3 amide bonds. The lowest BCUT2D eigenvalue weighted by molar-refractivity contribution is -0.133. The Labute approximate surface area is 133 Å². The Morgan fingerprint density at radius 1 is 1.35 bits per heavy atom. The molecule has 1 aromatic carbocycles. The number of morpholine rings is 1. The quantitative estimate of drug-likeness (QED) is 0.696. The molecule has 1 aliphatic rings. The first kappa shape index (κ1) is 17.0. The summed E-state index contributed by atoms with van der Waals surface area (Å²) in [5.74, 6) is -0.623. The predicted molar refractivity (Wildman–Crippen MR) is 84.4 cm³/mol. The van der Waals surface area contributed by atoms with E-state index in [9.17, 15) is 18.0 Å². The van der Waals surface area contributed by atoms with E-state index < -0.39 is 28.1 Å². The van der Waals surface area contributed by atoms with E-state index in [-0.39, 0.29) is 13.2 Å². The summed E-state index contributed by atoms with van der Waals surface area (Å²) in [5.41, 5.74) is 5.93. The minimum Gasteiger partial charge on any atom is -0.367 e. The highest BCUT2D eigenvalue weighted by molar-refractivity contribution is 7.92. The number of carbonyl (C=O) groups excluding carboxylic acids is 2. The van der Waals surface area contributed by atoms with Crippen LogP contribution in [0.1, 0.15) is 0 Å². The molecular formula is C13H18N4O5S. The number of hydrogen-bond acceptors (Lipinski definition) is 5. The molecule has 0 aromatic heterocycles. The van der Waals surface area contributed by atoms with Crippen LogP contribution in [0.5, 0.6) is 0 Å². The third-order valence-corrected chi connectivity index (χ3v) is 3.69. The summed E-state index contributed by atoms with van der Waals surface area (Å²) in [6.07, 6.45) is 0.211. The number of sulfonamides is 1. The van der Waals surface area contributed by atoms with Gasteiger partial charge in [0.05, 0.1) is 25.1 Å². The maximum Gasteiger partial charge on any atom is 0.322 e. The topological polar surface area (TPSA) is 131 Å². The highest BCUT2D eigenvalue weighted by Crippen LogP contribution is 2.17. The van der Waals surface area contributed by atoms with Gasteiger partial charge in [-0.15, -0.1) is 0 Å². The maximum atomic E-state index is 12.2. The number of nitrogens with one attached hydrogen (secondary N) is 2. The lowest BCUT2D eigenvalue weighted by Crippen LogP contribution is -2.51. The molecule has 0 radical (unpaired) electrons. The van der Waals surface area contributed by atoms with E-state index in [2.05, 4.69) is 10.0 Å². The number of amides is 3. The monoisotopic (exact) mass is 342 g/mol. The molecule has 126 valence electrons. The van der Waals surface area contributed by atoms with Crippen molar-refractivity contribution in [2.24, 2.45) is 5.73 Å². The summed E-state index contributed by atoms with van der Waals surface area (Å²) in [6, 6.07) is 5.86. The molecule has 10 heteroatoms. The minimum atomic E-state index is -3.40. The Balaban J connectivity index is 2.02. The van der Waals surface area contributed by atoms with Crippen molar-refractivity contribution in [3.05, 3.63) is 24.3 Å². The summed E-state index contributed by atoms with van der Waals surface area (Å²) in [6.45, 7) is 0.621. The number of anilines is 2.